The highest BCUT2D eigenvalue weighted by molar-refractivity contribution is 6.09. The molecule has 0 spiro atoms. The van der Waals surface area contributed by atoms with Crippen LogP contribution >= 0.6 is 0 Å². The van der Waals surface area contributed by atoms with E-state index in [-0.39, 0.29) is 11.5 Å². The Morgan fingerprint density at radius 2 is 1.14 bits per heavy atom. The minimum Gasteiger partial charge on any atom is -0.493 e. The average molecular weight is 697 g/mol. The quantitative estimate of drug-likeness (QED) is 0.0970. The molecule has 1 aliphatic carbocycles. The first-order chi connectivity index (χ1) is 23.9. The molecular formula is C38H48O12. The summed E-state index contributed by atoms with van der Waals surface area (Å²) in [7, 11) is 0. The number of benzene rings is 2. The van der Waals surface area contributed by atoms with Crippen LogP contribution in [0.5, 0.6) is 23.0 Å². The Morgan fingerprint density at radius 3 is 1.52 bits per heavy atom. The highest BCUT2D eigenvalue weighted by atomic mass is 16.5. The number of unbranched alkanes of at least 4 members (excludes halogenated alkanes) is 2. The molecule has 0 aromatic heterocycles. The molecule has 0 saturated heterocycles. The third-order valence-electron chi connectivity index (χ3n) is 8.81. The molecule has 1 aliphatic rings. The Hall–Kier alpha value is -5.00. The summed E-state index contributed by atoms with van der Waals surface area (Å²) in [6.07, 6.45) is 8.68. The zero-order chi connectivity index (χ0) is 36.8. The normalized spacial score (nSPS) is 18.4. The van der Waals surface area contributed by atoms with Crippen molar-refractivity contribution in [3.05, 3.63) is 71.5 Å². The standard InChI is InChI=1S/C38H48O12/c1-5-9-11-24(7-3)22-47-26-13-17-28(18-14-26)49-33-31(35(41)42)30(34(39)40)21-38(37(45)46,32(33)36(43)44)50-29-19-15-27(16-20-29)48-23-25(8-4)12-10-6-2/h13-21,24-25,32H,5-12,22-23H2,1-4H3,(H,39,40)(H,41,42)(H,43,44)(H,45,46). The van der Waals surface area contributed by atoms with Gasteiger partial charge in [0.25, 0.3) is 0 Å². The Balaban J connectivity index is 1.97. The number of hydrogen-bond donors (Lipinski definition) is 4. The van der Waals surface area contributed by atoms with Gasteiger partial charge < -0.3 is 39.4 Å². The molecule has 4 unspecified atom stereocenters. The SMILES string of the molecule is CCCCC(CC)COc1ccc(OC2=C(C(=O)O)C(C(=O)O)=CC(Oc3ccc(OCC(CC)CCCC)cc3)(C(=O)O)C2C(=O)O)cc1. The molecule has 0 amide bonds. The second-order valence-corrected chi connectivity index (χ2v) is 12.4. The van der Waals surface area contributed by atoms with E-state index >= 15 is 0 Å². The summed E-state index contributed by atoms with van der Waals surface area (Å²) in [6.45, 7) is 9.34. The van der Waals surface area contributed by atoms with E-state index in [2.05, 4.69) is 27.7 Å². The molecule has 50 heavy (non-hydrogen) atoms. The monoisotopic (exact) mass is 696 g/mol. The fraction of sp³-hybridized carbons (Fsp3) is 0.474. The van der Waals surface area contributed by atoms with Crippen molar-refractivity contribution in [2.75, 3.05) is 13.2 Å². The van der Waals surface area contributed by atoms with Gasteiger partial charge in [0.2, 0.25) is 5.60 Å². The van der Waals surface area contributed by atoms with Gasteiger partial charge in [0, 0.05) is 0 Å². The van der Waals surface area contributed by atoms with Crippen molar-refractivity contribution in [2.24, 2.45) is 17.8 Å². The van der Waals surface area contributed by atoms with E-state index < -0.39 is 52.3 Å². The van der Waals surface area contributed by atoms with Gasteiger partial charge in [-0.15, -0.1) is 0 Å². The second-order valence-electron chi connectivity index (χ2n) is 12.4. The molecule has 272 valence electrons. The van der Waals surface area contributed by atoms with Crippen LogP contribution in [0.25, 0.3) is 0 Å². The maximum Gasteiger partial charge on any atom is 0.353 e. The predicted octanol–water partition coefficient (Wildman–Crippen LogP) is 7.22. The summed E-state index contributed by atoms with van der Waals surface area (Å²) in [6, 6.07) is 11.6. The van der Waals surface area contributed by atoms with Gasteiger partial charge in [-0.25, -0.2) is 14.4 Å². The smallest absolute Gasteiger partial charge is 0.353 e. The molecule has 0 radical (unpaired) electrons. The van der Waals surface area contributed by atoms with Crippen LogP contribution in [0.15, 0.2) is 71.5 Å². The lowest BCUT2D eigenvalue weighted by Gasteiger charge is -2.37. The van der Waals surface area contributed by atoms with Crippen molar-refractivity contribution in [3.8, 4) is 23.0 Å². The molecule has 12 nitrogen and oxygen atoms in total. The maximum absolute atomic E-state index is 13.0. The van der Waals surface area contributed by atoms with Crippen LogP contribution in [0.2, 0.25) is 0 Å². The van der Waals surface area contributed by atoms with Gasteiger partial charge in [-0.05, 0) is 79.3 Å². The molecule has 4 atom stereocenters. The zero-order valence-corrected chi connectivity index (χ0v) is 29.1. The fourth-order valence-electron chi connectivity index (χ4n) is 5.71. The number of carbonyl (C=O) groups is 4. The molecule has 0 aliphatic heterocycles. The average Bonchev–Trinajstić information content (AvgIpc) is 3.09. The van der Waals surface area contributed by atoms with E-state index in [1.54, 1.807) is 0 Å². The van der Waals surface area contributed by atoms with Crippen LogP contribution in [-0.2, 0) is 19.2 Å². The number of rotatable bonds is 22. The Kier molecular flexibility index (Phi) is 14.7. The summed E-state index contributed by atoms with van der Waals surface area (Å²) in [4.78, 5) is 50.7. The van der Waals surface area contributed by atoms with Crippen molar-refractivity contribution in [1.29, 1.82) is 0 Å². The zero-order valence-electron chi connectivity index (χ0n) is 29.1. The first-order valence-corrected chi connectivity index (χ1v) is 17.1. The summed E-state index contributed by atoms with van der Waals surface area (Å²) in [5, 5.41) is 41.0. The molecule has 2 aromatic rings. The Morgan fingerprint density at radius 1 is 0.680 bits per heavy atom. The Labute approximate surface area is 292 Å². The number of carboxylic acid groups (broad SMARTS) is 4. The van der Waals surface area contributed by atoms with Crippen LogP contribution in [0.3, 0.4) is 0 Å². The number of hydrogen-bond acceptors (Lipinski definition) is 8. The highest BCUT2D eigenvalue weighted by Crippen LogP contribution is 2.42. The highest BCUT2D eigenvalue weighted by Gasteiger charge is 2.59. The van der Waals surface area contributed by atoms with Crippen molar-refractivity contribution < 1.29 is 58.6 Å². The summed E-state index contributed by atoms with van der Waals surface area (Å²) >= 11 is 0. The van der Waals surface area contributed by atoms with Crippen molar-refractivity contribution in [2.45, 2.75) is 84.7 Å². The third-order valence-corrected chi connectivity index (χ3v) is 8.81. The molecule has 12 heteroatoms. The lowest BCUT2D eigenvalue weighted by atomic mass is 9.76. The second kappa shape index (κ2) is 18.7. The van der Waals surface area contributed by atoms with E-state index in [9.17, 15) is 39.6 Å². The molecule has 0 bridgehead atoms. The largest absolute Gasteiger partial charge is 0.493 e. The molecule has 2 aromatic carbocycles. The molecule has 0 fully saturated rings. The van der Waals surface area contributed by atoms with E-state index in [0.717, 1.165) is 51.4 Å². The van der Waals surface area contributed by atoms with Crippen LogP contribution in [-0.4, -0.2) is 63.1 Å². The fourth-order valence-corrected chi connectivity index (χ4v) is 5.71. The van der Waals surface area contributed by atoms with E-state index in [4.69, 9.17) is 18.9 Å². The molecular weight excluding hydrogens is 648 g/mol. The van der Waals surface area contributed by atoms with Gasteiger partial charge in [0.05, 0.1) is 18.8 Å². The van der Waals surface area contributed by atoms with Gasteiger partial charge in [0.15, 0.2) is 5.92 Å². The first-order valence-electron chi connectivity index (χ1n) is 17.1. The van der Waals surface area contributed by atoms with Crippen LogP contribution in [0.4, 0.5) is 0 Å². The lowest BCUT2D eigenvalue weighted by molar-refractivity contribution is -0.165. The minimum absolute atomic E-state index is 0.0767. The van der Waals surface area contributed by atoms with Crippen LogP contribution in [0.1, 0.15) is 79.1 Å². The van der Waals surface area contributed by atoms with E-state index in [1.165, 1.54) is 48.5 Å². The van der Waals surface area contributed by atoms with Crippen molar-refractivity contribution >= 4 is 23.9 Å². The predicted molar refractivity (Wildman–Crippen MR) is 184 cm³/mol. The van der Waals surface area contributed by atoms with Crippen LogP contribution in [0, 0.1) is 17.8 Å². The van der Waals surface area contributed by atoms with Gasteiger partial charge in [0.1, 0.15) is 34.3 Å². The topological polar surface area (TPSA) is 186 Å². The van der Waals surface area contributed by atoms with E-state index in [0.29, 0.717) is 42.6 Å². The van der Waals surface area contributed by atoms with Crippen LogP contribution < -0.4 is 18.9 Å². The van der Waals surface area contributed by atoms with Gasteiger partial charge in [-0.1, -0.05) is 66.2 Å². The van der Waals surface area contributed by atoms with Gasteiger partial charge in [-0.2, -0.15) is 0 Å². The Bertz CT molecular complexity index is 1530. The van der Waals surface area contributed by atoms with E-state index in [1.807, 2.05) is 0 Å². The number of carboxylic acids is 4. The maximum atomic E-state index is 13.0. The third kappa shape index (κ3) is 10.0. The summed E-state index contributed by atoms with van der Waals surface area (Å²) < 4.78 is 23.4. The first kappa shape index (κ1) is 39.4. The van der Waals surface area contributed by atoms with Crippen molar-refractivity contribution in [1.82, 2.24) is 0 Å². The number of ether oxygens (including phenoxy) is 4. The van der Waals surface area contributed by atoms with Gasteiger partial charge in [-0.3, -0.25) is 4.79 Å². The molecule has 0 heterocycles. The van der Waals surface area contributed by atoms with Gasteiger partial charge >= 0.3 is 23.9 Å². The summed E-state index contributed by atoms with van der Waals surface area (Å²) in [5.41, 5.74) is -4.97. The minimum atomic E-state index is -2.93. The van der Waals surface area contributed by atoms with Crippen molar-refractivity contribution in [3.63, 3.8) is 0 Å². The molecule has 0 saturated carbocycles. The molecule has 4 N–H and O–H groups in total. The lowest BCUT2D eigenvalue weighted by Crippen LogP contribution is -2.56. The summed E-state index contributed by atoms with van der Waals surface area (Å²) in [5.74, 6) is -9.17. The number of aliphatic carboxylic acids is 4. The molecule has 3 rings (SSSR count).